The molecule has 0 aromatic heterocycles. The second-order valence-electron chi connectivity index (χ2n) is 5.10. The van der Waals surface area contributed by atoms with E-state index in [4.69, 9.17) is 4.84 Å². The molecule has 0 saturated carbocycles. The van der Waals surface area contributed by atoms with Crippen LogP contribution >= 0.6 is 0 Å². The molecule has 0 amide bonds. The molecule has 0 heterocycles. The summed E-state index contributed by atoms with van der Waals surface area (Å²) in [6.07, 6.45) is 5.22. The van der Waals surface area contributed by atoms with Crippen LogP contribution in [-0.2, 0) is 4.84 Å². The summed E-state index contributed by atoms with van der Waals surface area (Å²) in [5.41, 5.74) is 5.51. The quantitative estimate of drug-likeness (QED) is 0.739. The standard InChI is InChI=1S/C19H23NO/c1-3-19(18-12-8-5-9-13-18)21-20-16(2)14-15-17-10-6-4-7-11-17/h4-16,19-20H,3H2,1-2H3/b15-14+/t16-,19+/m0/s1. The third kappa shape index (κ3) is 5.18. The van der Waals surface area contributed by atoms with Gasteiger partial charge in [-0.25, -0.2) is 0 Å². The van der Waals surface area contributed by atoms with Gasteiger partial charge in [-0.1, -0.05) is 79.7 Å². The zero-order valence-corrected chi connectivity index (χ0v) is 12.7. The van der Waals surface area contributed by atoms with Crippen LogP contribution in [0.5, 0.6) is 0 Å². The number of hydrogen-bond donors (Lipinski definition) is 1. The summed E-state index contributed by atoms with van der Waals surface area (Å²) in [5, 5.41) is 0. The average molecular weight is 281 g/mol. The van der Waals surface area contributed by atoms with Crippen LogP contribution in [0.15, 0.2) is 66.7 Å². The van der Waals surface area contributed by atoms with Gasteiger partial charge in [0.05, 0.1) is 0 Å². The molecule has 0 aliphatic rings. The van der Waals surface area contributed by atoms with Gasteiger partial charge in [-0.3, -0.25) is 4.84 Å². The number of benzene rings is 2. The molecular formula is C19H23NO. The van der Waals surface area contributed by atoms with Crippen molar-refractivity contribution in [2.75, 3.05) is 0 Å². The average Bonchev–Trinajstić information content (AvgIpc) is 2.55. The Hall–Kier alpha value is -1.90. The van der Waals surface area contributed by atoms with Crippen molar-refractivity contribution in [3.05, 3.63) is 77.9 Å². The maximum Gasteiger partial charge on any atom is 0.104 e. The van der Waals surface area contributed by atoms with Crippen LogP contribution in [0.25, 0.3) is 6.08 Å². The van der Waals surface area contributed by atoms with Crippen LogP contribution in [0.4, 0.5) is 0 Å². The van der Waals surface area contributed by atoms with Crippen molar-refractivity contribution in [2.24, 2.45) is 0 Å². The normalized spacial score (nSPS) is 14.2. The van der Waals surface area contributed by atoms with E-state index in [0.717, 1.165) is 6.42 Å². The summed E-state index contributed by atoms with van der Waals surface area (Å²) in [6.45, 7) is 4.21. The fourth-order valence-corrected chi connectivity index (χ4v) is 2.10. The Kier molecular flexibility index (Phi) is 6.20. The molecule has 0 unspecified atom stereocenters. The van der Waals surface area contributed by atoms with Gasteiger partial charge in [-0.05, 0) is 24.5 Å². The minimum atomic E-state index is 0.0822. The third-order valence-electron chi connectivity index (χ3n) is 3.32. The van der Waals surface area contributed by atoms with Gasteiger partial charge in [0.1, 0.15) is 6.10 Å². The first kappa shape index (κ1) is 15.5. The van der Waals surface area contributed by atoms with Crippen molar-refractivity contribution in [1.82, 2.24) is 5.48 Å². The maximum absolute atomic E-state index is 5.83. The lowest BCUT2D eigenvalue weighted by atomic mass is 10.1. The molecule has 1 N–H and O–H groups in total. The van der Waals surface area contributed by atoms with Gasteiger partial charge in [-0.15, -0.1) is 0 Å². The highest BCUT2D eigenvalue weighted by Gasteiger charge is 2.10. The molecule has 2 heteroatoms. The van der Waals surface area contributed by atoms with E-state index in [1.165, 1.54) is 11.1 Å². The summed E-state index contributed by atoms with van der Waals surface area (Å²) in [7, 11) is 0. The highest BCUT2D eigenvalue weighted by Crippen LogP contribution is 2.19. The first-order chi connectivity index (χ1) is 10.3. The van der Waals surface area contributed by atoms with Gasteiger partial charge < -0.3 is 0 Å². The van der Waals surface area contributed by atoms with Crippen LogP contribution in [0, 0.1) is 0 Å². The second-order valence-corrected chi connectivity index (χ2v) is 5.10. The number of hydroxylamine groups is 1. The molecule has 2 nitrogen and oxygen atoms in total. The largest absolute Gasteiger partial charge is 0.293 e. The Morgan fingerprint density at radius 2 is 1.62 bits per heavy atom. The molecule has 0 fully saturated rings. The molecule has 2 aromatic carbocycles. The Morgan fingerprint density at radius 1 is 1.00 bits per heavy atom. The lowest BCUT2D eigenvalue weighted by Gasteiger charge is -2.18. The number of hydrogen-bond acceptors (Lipinski definition) is 2. The van der Waals surface area contributed by atoms with Gasteiger partial charge in [0.2, 0.25) is 0 Å². The fraction of sp³-hybridized carbons (Fsp3) is 0.263. The smallest absolute Gasteiger partial charge is 0.104 e. The minimum Gasteiger partial charge on any atom is -0.293 e. The van der Waals surface area contributed by atoms with E-state index in [-0.39, 0.29) is 12.1 Å². The van der Waals surface area contributed by atoms with E-state index in [2.05, 4.69) is 55.7 Å². The Bertz CT molecular complexity index is 536. The summed E-state index contributed by atoms with van der Waals surface area (Å²) < 4.78 is 0. The molecule has 2 rings (SSSR count). The Balaban J connectivity index is 1.85. The molecule has 2 aromatic rings. The van der Waals surface area contributed by atoms with Crippen molar-refractivity contribution in [2.45, 2.75) is 32.4 Å². The van der Waals surface area contributed by atoms with Crippen LogP contribution in [0.2, 0.25) is 0 Å². The molecule has 0 aliphatic heterocycles. The predicted octanol–water partition coefficient (Wildman–Crippen LogP) is 4.76. The lowest BCUT2D eigenvalue weighted by Crippen LogP contribution is -2.26. The summed E-state index contributed by atoms with van der Waals surface area (Å²) in [4.78, 5) is 5.83. The monoisotopic (exact) mass is 281 g/mol. The van der Waals surface area contributed by atoms with Crippen molar-refractivity contribution < 1.29 is 4.84 Å². The van der Waals surface area contributed by atoms with Crippen LogP contribution in [0.1, 0.15) is 37.5 Å². The SMILES string of the molecule is CC[C@@H](ON[C@@H](C)/C=C/c1ccccc1)c1ccccc1. The van der Waals surface area contributed by atoms with E-state index in [1.807, 2.05) is 36.4 Å². The Labute approximate surface area is 127 Å². The molecule has 110 valence electrons. The number of nitrogens with one attached hydrogen (secondary N) is 1. The van der Waals surface area contributed by atoms with Crippen molar-refractivity contribution in [3.8, 4) is 0 Å². The fourth-order valence-electron chi connectivity index (χ4n) is 2.10. The summed E-state index contributed by atoms with van der Waals surface area (Å²) >= 11 is 0. The van der Waals surface area contributed by atoms with E-state index in [0.29, 0.717) is 0 Å². The van der Waals surface area contributed by atoms with Crippen LogP contribution in [0.3, 0.4) is 0 Å². The van der Waals surface area contributed by atoms with E-state index in [9.17, 15) is 0 Å². The molecule has 0 aliphatic carbocycles. The lowest BCUT2D eigenvalue weighted by molar-refractivity contribution is -0.0371. The van der Waals surface area contributed by atoms with Gasteiger partial charge in [0.15, 0.2) is 0 Å². The van der Waals surface area contributed by atoms with E-state index >= 15 is 0 Å². The van der Waals surface area contributed by atoms with Crippen molar-refractivity contribution in [3.63, 3.8) is 0 Å². The molecule has 2 atom stereocenters. The highest BCUT2D eigenvalue weighted by atomic mass is 16.7. The second kappa shape index (κ2) is 8.40. The van der Waals surface area contributed by atoms with E-state index < -0.39 is 0 Å². The summed E-state index contributed by atoms with van der Waals surface area (Å²) in [6, 6.07) is 20.7. The third-order valence-corrected chi connectivity index (χ3v) is 3.32. The topological polar surface area (TPSA) is 21.3 Å². The van der Waals surface area contributed by atoms with Crippen molar-refractivity contribution >= 4 is 6.08 Å². The summed E-state index contributed by atoms with van der Waals surface area (Å²) in [5.74, 6) is 0. The number of rotatable bonds is 7. The zero-order chi connectivity index (χ0) is 14.9. The maximum atomic E-state index is 5.83. The Morgan fingerprint density at radius 3 is 2.24 bits per heavy atom. The van der Waals surface area contributed by atoms with Gasteiger partial charge >= 0.3 is 0 Å². The molecule has 0 bridgehead atoms. The van der Waals surface area contributed by atoms with Gasteiger partial charge in [-0.2, -0.15) is 5.48 Å². The van der Waals surface area contributed by atoms with Gasteiger partial charge in [0, 0.05) is 6.04 Å². The first-order valence-electron chi connectivity index (χ1n) is 7.49. The van der Waals surface area contributed by atoms with Crippen LogP contribution in [-0.4, -0.2) is 6.04 Å². The molecule has 0 saturated heterocycles. The van der Waals surface area contributed by atoms with E-state index in [1.54, 1.807) is 0 Å². The first-order valence-corrected chi connectivity index (χ1v) is 7.49. The molecule has 0 spiro atoms. The van der Waals surface area contributed by atoms with Crippen LogP contribution < -0.4 is 5.48 Å². The zero-order valence-electron chi connectivity index (χ0n) is 12.7. The van der Waals surface area contributed by atoms with Gasteiger partial charge in [0.25, 0.3) is 0 Å². The molecular weight excluding hydrogens is 258 g/mol. The minimum absolute atomic E-state index is 0.0822. The molecule has 21 heavy (non-hydrogen) atoms. The van der Waals surface area contributed by atoms with Crippen molar-refractivity contribution in [1.29, 1.82) is 0 Å². The molecule has 0 radical (unpaired) electrons. The predicted molar refractivity (Wildman–Crippen MR) is 88.6 cm³/mol. The highest BCUT2D eigenvalue weighted by molar-refractivity contribution is 5.49.